The lowest BCUT2D eigenvalue weighted by molar-refractivity contribution is 0.660. The van der Waals surface area contributed by atoms with Crippen molar-refractivity contribution in [1.82, 2.24) is 0 Å². The summed E-state index contributed by atoms with van der Waals surface area (Å²) in [4.78, 5) is 0. The Balaban J connectivity index is 1.33. The predicted molar refractivity (Wildman–Crippen MR) is 218 cm³/mol. The van der Waals surface area contributed by atoms with E-state index in [9.17, 15) is 0 Å². The molecule has 0 aliphatic heterocycles. The van der Waals surface area contributed by atoms with Crippen LogP contribution in [0, 0.1) is 0 Å². The number of benzene rings is 9. The van der Waals surface area contributed by atoms with Crippen molar-refractivity contribution in [1.29, 1.82) is 0 Å². The third-order valence-corrected chi connectivity index (χ3v) is 11.3. The van der Waals surface area contributed by atoms with Gasteiger partial charge in [-0.05, 0) is 111 Å². The fourth-order valence-electron chi connectivity index (χ4n) is 8.87. The third-order valence-electron chi connectivity index (χ3n) is 11.3. The van der Waals surface area contributed by atoms with Gasteiger partial charge in [0, 0.05) is 5.41 Å². The van der Waals surface area contributed by atoms with Crippen molar-refractivity contribution >= 4 is 32.3 Å². The molecule has 0 spiro atoms. The van der Waals surface area contributed by atoms with Crippen LogP contribution in [0.4, 0.5) is 0 Å². The van der Waals surface area contributed by atoms with Crippen molar-refractivity contribution in [2.24, 2.45) is 0 Å². The third kappa shape index (κ3) is 4.53. The van der Waals surface area contributed by atoms with E-state index in [1.54, 1.807) is 0 Å². The first-order chi connectivity index (χ1) is 25.1. The minimum atomic E-state index is -0.0405. The molecule has 10 rings (SSSR count). The molecular formula is C51H36. The van der Waals surface area contributed by atoms with Crippen molar-refractivity contribution in [3.63, 3.8) is 0 Å². The molecule has 0 saturated carbocycles. The monoisotopic (exact) mass is 648 g/mol. The highest BCUT2D eigenvalue weighted by molar-refractivity contribution is 6.23. The second kappa shape index (κ2) is 11.4. The molecule has 0 saturated heterocycles. The lowest BCUT2D eigenvalue weighted by Crippen LogP contribution is -2.14. The quantitative estimate of drug-likeness (QED) is 0.167. The fraction of sp³-hybridized carbons (Fsp3) is 0.0588. The summed E-state index contributed by atoms with van der Waals surface area (Å²) in [5.74, 6) is 0. The standard InChI is InChI=1S/C51H36/c1-51(2)47-26-13-12-21-40(47)45-32-36(28-30-48(45)51)49-42-23-10-11-24-43(42)50(41-22-9-8-20-38(41)33-15-4-3-5-16-33)44-29-27-35(31-46(44)49)39-25-14-18-34-17-6-7-19-37(34)39/h3-32H,1-2H3. The zero-order valence-electron chi connectivity index (χ0n) is 28.8. The molecule has 51 heavy (non-hydrogen) atoms. The topological polar surface area (TPSA) is 0 Å². The first-order valence-electron chi connectivity index (χ1n) is 17.9. The average Bonchev–Trinajstić information content (AvgIpc) is 3.42. The van der Waals surface area contributed by atoms with Crippen molar-refractivity contribution in [3.05, 3.63) is 193 Å². The summed E-state index contributed by atoms with van der Waals surface area (Å²) in [7, 11) is 0. The van der Waals surface area contributed by atoms with Crippen LogP contribution in [0.2, 0.25) is 0 Å². The van der Waals surface area contributed by atoms with Gasteiger partial charge in [-0.15, -0.1) is 0 Å². The number of rotatable bonds is 4. The van der Waals surface area contributed by atoms with Crippen LogP contribution in [0.15, 0.2) is 182 Å². The molecule has 0 atom stereocenters. The highest BCUT2D eigenvalue weighted by atomic mass is 14.4. The normalized spacial score (nSPS) is 13.1. The molecule has 240 valence electrons. The molecule has 1 aliphatic rings. The average molecular weight is 649 g/mol. The zero-order chi connectivity index (χ0) is 34.1. The minimum absolute atomic E-state index is 0.0405. The van der Waals surface area contributed by atoms with Crippen LogP contribution < -0.4 is 0 Å². The Bertz CT molecular complexity index is 2810. The summed E-state index contributed by atoms with van der Waals surface area (Å²) in [6.07, 6.45) is 0. The Labute approximate surface area is 299 Å². The molecule has 0 N–H and O–H groups in total. The van der Waals surface area contributed by atoms with Gasteiger partial charge in [0.15, 0.2) is 0 Å². The lowest BCUT2D eigenvalue weighted by Gasteiger charge is -2.22. The summed E-state index contributed by atoms with van der Waals surface area (Å²) in [6.45, 7) is 4.72. The Morgan fingerprint density at radius 3 is 1.69 bits per heavy atom. The molecule has 0 fully saturated rings. The molecule has 0 aromatic heterocycles. The van der Waals surface area contributed by atoms with Gasteiger partial charge in [-0.2, -0.15) is 0 Å². The van der Waals surface area contributed by atoms with Gasteiger partial charge in [0.05, 0.1) is 0 Å². The first-order valence-corrected chi connectivity index (χ1v) is 17.9. The van der Waals surface area contributed by atoms with E-state index in [0.29, 0.717) is 0 Å². The van der Waals surface area contributed by atoms with E-state index in [0.717, 1.165) is 0 Å². The van der Waals surface area contributed by atoms with Crippen LogP contribution in [0.1, 0.15) is 25.0 Å². The molecule has 0 radical (unpaired) electrons. The molecule has 0 unspecified atom stereocenters. The fourth-order valence-corrected chi connectivity index (χ4v) is 8.87. The Morgan fingerprint density at radius 1 is 0.294 bits per heavy atom. The maximum atomic E-state index is 2.46. The second-order valence-electron chi connectivity index (χ2n) is 14.4. The van der Waals surface area contributed by atoms with Gasteiger partial charge in [-0.3, -0.25) is 0 Å². The van der Waals surface area contributed by atoms with Gasteiger partial charge in [0.1, 0.15) is 0 Å². The molecule has 0 heterocycles. The summed E-state index contributed by atoms with van der Waals surface area (Å²) in [5.41, 5.74) is 15.5. The number of fused-ring (bicyclic) bond motifs is 6. The van der Waals surface area contributed by atoms with E-state index < -0.39 is 0 Å². The lowest BCUT2D eigenvalue weighted by atomic mass is 9.81. The summed E-state index contributed by atoms with van der Waals surface area (Å²) in [6, 6.07) is 67.5. The van der Waals surface area contributed by atoms with E-state index in [1.165, 1.54) is 99.1 Å². The van der Waals surface area contributed by atoms with Gasteiger partial charge < -0.3 is 0 Å². The summed E-state index contributed by atoms with van der Waals surface area (Å²) >= 11 is 0. The molecule has 0 bridgehead atoms. The largest absolute Gasteiger partial charge is 0.0622 e. The highest BCUT2D eigenvalue weighted by Crippen LogP contribution is 2.52. The second-order valence-corrected chi connectivity index (χ2v) is 14.4. The molecule has 9 aromatic carbocycles. The molecule has 1 aliphatic carbocycles. The first kappa shape index (κ1) is 29.7. The van der Waals surface area contributed by atoms with Crippen LogP contribution in [0.25, 0.3) is 88.0 Å². The van der Waals surface area contributed by atoms with Crippen LogP contribution in [-0.4, -0.2) is 0 Å². The Hall–Kier alpha value is -6.24. The molecule has 0 amide bonds. The van der Waals surface area contributed by atoms with Crippen LogP contribution in [0.3, 0.4) is 0 Å². The van der Waals surface area contributed by atoms with Gasteiger partial charge in [-0.1, -0.05) is 184 Å². The van der Waals surface area contributed by atoms with Crippen molar-refractivity contribution < 1.29 is 0 Å². The van der Waals surface area contributed by atoms with E-state index in [-0.39, 0.29) is 5.41 Å². The predicted octanol–water partition coefficient (Wildman–Crippen LogP) is 14.1. The molecule has 0 nitrogen and oxygen atoms in total. The maximum absolute atomic E-state index is 2.46. The SMILES string of the molecule is CC1(C)c2ccccc2-c2cc(-c3c4ccccc4c(-c4ccccc4-c4ccccc4)c4ccc(-c5cccc6ccccc56)cc34)ccc21. The molecule has 0 heteroatoms. The van der Waals surface area contributed by atoms with Crippen molar-refractivity contribution in [2.75, 3.05) is 0 Å². The smallest absolute Gasteiger partial charge is 0.0158 e. The van der Waals surface area contributed by atoms with Gasteiger partial charge >= 0.3 is 0 Å². The Kier molecular flexibility index (Phi) is 6.63. The minimum Gasteiger partial charge on any atom is -0.0622 e. The van der Waals surface area contributed by atoms with E-state index in [1.807, 2.05) is 0 Å². The van der Waals surface area contributed by atoms with Crippen LogP contribution in [-0.2, 0) is 5.41 Å². The van der Waals surface area contributed by atoms with E-state index >= 15 is 0 Å². The van der Waals surface area contributed by atoms with Crippen molar-refractivity contribution in [2.45, 2.75) is 19.3 Å². The Morgan fingerprint density at radius 2 is 0.863 bits per heavy atom. The maximum Gasteiger partial charge on any atom is 0.0158 e. The van der Waals surface area contributed by atoms with E-state index in [4.69, 9.17) is 0 Å². The highest BCUT2D eigenvalue weighted by Gasteiger charge is 2.35. The van der Waals surface area contributed by atoms with Crippen molar-refractivity contribution in [3.8, 4) is 55.6 Å². The van der Waals surface area contributed by atoms with Gasteiger partial charge in [-0.25, -0.2) is 0 Å². The number of hydrogen-bond acceptors (Lipinski definition) is 0. The molecule has 9 aromatic rings. The van der Waals surface area contributed by atoms with Gasteiger partial charge in [0.2, 0.25) is 0 Å². The number of hydrogen-bond donors (Lipinski definition) is 0. The van der Waals surface area contributed by atoms with Crippen LogP contribution in [0.5, 0.6) is 0 Å². The summed E-state index contributed by atoms with van der Waals surface area (Å²) < 4.78 is 0. The zero-order valence-corrected chi connectivity index (χ0v) is 28.8. The summed E-state index contributed by atoms with van der Waals surface area (Å²) in [5, 5.41) is 7.59. The van der Waals surface area contributed by atoms with Crippen LogP contribution >= 0.6 is 0 Å². The van der Waals surface area contributed by atoms with Gasteiger partial charge in [0.25, 0.3) is 0 Å². The molecular weight excluding hydrogens is 613 g/mol. The van der Waals surface area contributed by atoms with E-state index in [2.05, 4.69) is 196 Å².